The summed E-state index contributed by atoms with van der Waals surface area (Å²) >= 11 is 12.0. The molecule has 3 N–H and O–H groups in total. The second kappa shape index (κ2) is 19.1. The molecule has 1 aliphatic carbocycles. The summed E-state index contributed by atoms with van der Waals surface area (Å²) in [6, 6.07) is 13.6. The Bertz CT molecular complexity index is 2620. The number of benzene rings is 1. The summed E-state index contributed by atoms with van der Waals surface area (Å²) in [5, 5.41) is 2.88. The number of ketones is 2. The molecule has 0 saturated heterocycles. The summed E-state index contributed by atoms with van der Waals surface area (Å²) in [5.74, 6) is -2.52. The molecule has 6 atom stereocenters. The number of H-pyrrole nitrogens is 2. The number of aromatic amines is 2. The van der Waals surface area contributed by atoms with Gasteiger partial charge in [-0.2, -0.15) is 0 Å². The van der Waals surface area contributed by atoms with Crippen LogP contribution in [0.25, 0.3) is 22.1 Å². The number of hydrogen-bond acceptors (Lipinski definition) is 10. The van der Waals surface area contributed by atoms with E-state index in [1.54, 1.807) is 6.92 Å². The maximum atomic E-state index is 14.4. The number of nitrogens with zero attached hydrogens (tertiary/aromatic N) is 3. The lowest BCUT2D eigenvalue weighted by Gasteiger charge is -2.23. The van der Waals surface area contributed by atoms with E-state index in [2.05, 4.69) is 34.0 Å². The Balaban J connectivity index is 1.31. The van der Waals surface area contributed by atoms with Crippen molar-refractivity contribution in [2.75, 3.05) is 36.9 Å². The van der Waals surface area contributed by atoms with Crippen LogP contribution in [0.3, 0.4) is 0 Å². The normalized spacial score (nSPS) is 19.4. The number of ether oxygens (including phenoxy) is 2. The lowest BCUT2D eigenvalue weighted by molar-refractivity contribution is -0.141. The number of amides is 1. The maximum Gasteiger partial charge on any atom is 0.321 e. The van der Waals surface area contributed by atoms with E-state index in [9.17, 15) is 24.0 Å². The first-order valence-corrected chi connectivity index (χ1v) is 22.6. The largest absolute Gasteiger partial charge is 0.468 e. The van der Waals surface area contributed by atoms with E-state index in [0.29, 0.717) is 87.0 Å². The standard InChI is InChI=1S/C48H54Cl2N6O7/c1-8-31-24(2)33-22-38-41(28(6)58)26(4)35(52-38)20-34-25(3)32(13-14-39(59)55-40(63-23-57)19-29-9-11-30(12-10-29)56(17-15-49)18-16-50)45(53-34)43-44(48(61)62-7)47(60)42-27(5)36(54-46(42)43)21-37(31)51-33/h9-12,20-25,31-32,40,44,52,54H,8,13-19H2,1-7H3,(H,55,59)/t24-,25+,31-,32+,40?,44?/m1/s1. The lowest BCUT2D eigenvalue weighted by Crippen LogP contribution is -2.38. The molecule has 3 aromatic heterocycles. The average molecular weight is 898 g/mol. The molecule has 4 aromatic rings. The van der Waals surface area contributed by atoms with E-state index in [1.165, 1.54) is 7.11 Å². The van der Waals surface area contributed by atoms with Gasteiger partial charge >= 0.3 is 5.97 Å². The molecule has 7 rings (SSSR count). The third-order valence-corrected chi connectivity index (χ3v) is 13.4. The molecule has 332 valence electrons. The van der Waals surface area contributed by atoms with Crippen LogP contribution in [-0.2, 0) is 30.3 Å². The van der Waals surface area contributed by atoms with Crippen molar-refractivity contribution < 1.29 is 33.4 Å². The number of methoxy groups -OCH3 is 1. The molecule has 0 spiro atoms. The molecule has 15 heteroatoms. The summed E-state index contributed by atoms with van der Waals surface area (Å²) in [7, 11) is 1.26. The number of carbonyl (C=O) groups is 5. The van der Waals surface area contributed by atoms with Crippen molar-refractivity contribution in [3.05, 3.63) is 98.6 Å². The van der Waals surface area contributed by atoms with Crippen LogP contribution in [0.5, 0.6) is 0 Å². The first-order valence-electron chi connectivity index (χ1n) is 21.5. The van der Waals surface area contributed by atoms with Crippen molar-refractivity contribution in [1.29, 1.82) is 0 Å². The van der Waals surface area contributed by atoms with Gasteiger partial charge in [-0.3, -0.25) is 33.9 Å². The molecule has 2 aliphatic heterocycles. The van der Waals surface area contributed by atoms with Gasteiger partial charge in [0, 0.05) is 112 Å². The minimum atomic E-state index is -1.27. The summed E-state index contributed by atoms with van der Waals surface area (Å²) in [6.45, 7) is 13.1. The van der Waals surface area contributed by atoms with Gasteiger partial charge in [-0.1, -0.05) is 32.9 Å². The van der Waals surface area contributed by atoms with E-state index in [1.807, 2.05) is 63.2 Å². The van der Waals surface area contributed by atoms with Crippen LogP contribution in [0.1, 0.15) is 142 Å². The van der Waals surface area contributed by atoms with Crippen LogP contribution in [0, 0.1) is 13.8 Å². The second-order valence-electron chi connectivity index (χ2n) is 16.7. The number of hydrogen-bond donors (Lipinski definition) is 3. The van der Waals surface area contributed by atoms with Gasteiger partial charge in [0.25, 0.3) is 6.47 Å². The van der Waals surface area contributed by atoms with Crippen molar-refractivity contribution >= 4 is 80.9 Å². The quantitative estimate of drug-likeness (QED) is 0.0246. The summed E-state index contributed by atoms with van der Waals surface area (Å²) < 4.78 is 10.6. The number of carbonyl (C=O) groups excluding carboxylic acids is 5. The van der Waals surface area contributed by atoms with E-state index < -0.39 is 24.0 Å². The van der Waals surface area contributed by atoms with Gasteiger partial charge in [-0.25, -0.2) is 0 Å². The molecule has 8 bridgehead atoms. The van der Waals surface area contributed by atoms with Crippen LogP contribution < -0.4 is 10.2 Å². The van der Waals surface area contributed by atoms with Gasteiger partial charge in [-0.05, 0) is 80.6 Å². The summed E-state index contributed by atoms with van der Waals surface area (Å²) in [6.07, 6.45) is 0.386. The molecule has 0 fully saturated rings. The number of aryl methyl sites for hydroxylation is 2. The molecular weight excluding hydrogens is 843 g/mol. The van der Waals surface area contributed by atoms with E-state index >= 15 is 0 Å². The molecular formula is C48H54Cl2N6O7. The number of esters is 1. The predicted octanol–water partition coefficient (Wildman–Crippen LogP) is 8.69. The van der Waals surface area contributed by atoms with Gasteiger partial charge in [0.15, 0.2) is 17.8 Å². The maximum absolute atomic E-state index is 14.4. The second-order valence-corrected chi connectivity index (χ2v) is 17.5. The number of halogens is 2. The molecule has 3 aliphatic rings. The van der Waals surface area contributed by atoms with Gasteiger partial charge < -0.3 is 29.7 Å². The first-order chi connectivity index (χ1) is 30.2. The van der Waals surface area contributed by atoms with Gasteiger partial charge in [0.1, 0.15) is 5.92 Å². The topological polar surface area (TPSA) is 176 Å². The van der Waals surface area contributed by atoms with Crippen molar-refractivity contribution in [3.8, 4) is 0 Å². The minimum Gasteiger partial charge on any atom is -0.468 e. The average Bonchev–Trinajstić information content (AvgIpc) is 4.00. The Labute approximate surface area is 376 Å². The van der Waals surface area contributed by atoms with Gasteiger partial charge in [-0.15, -0.1) is 23.2 Å². The molecule has 2 unspecified atom stereocenters. The number of fused-ring (bicyclic) bond motifs is 8. The fourth-order valence-corrected chi connectivity index (χ4v) is 10.1. The van der Waals surface area contributed by atoms with Crippen LogP contribution in [0.15, 0.2) is 42.5 Å². The van der Waals surface area contributed by atoms with E-state index in [4.69, 9.17) is 42.6 Å². The highest BCUT2D eigenvalue weighted by atomic mass is 35.5. The molecule has 5 heterocycles. The highest BCUT2D eigenvalue weighted by Crippen LogP contribution is 2.48. The molecule has 0 saturated carbocycles. The Hall–Kier alpha value is -5.53. The monoisotopic (exact) mass is 896 g/mol. The van der Waals surface area contributed by atoms with Gasteiger partial charge in [0.05, 0.1) is 23.8 Å². The fourth-order valence-electron chi connectivity index (χ4n) is 9.70. The van der Waals surface area contributed by atoms with Crippen molar-refractivity contribution in [2.24, 2.45) is 0 Å². The number of aromatic nitrogens is 4. The Morgan fingerprint density at radius 1 is 0.905 bits per heavy atom. The third kappa shape index (κ3) is 8.74. The summed E-state index contributed by atoms with van der Waals surface area (Å²) in [4.78, 5) is 86.1. The van der Waals surface area contributed by atoms with E-state index in [-0.39, 0.29) is 54.5 Å². The van der Waals surface area contributed by atoms with Crippen molar-refractivity contribution in [1.82, 2.24) is 25.3 Å². The molecule has 63 heavy (non-hydrogen) atoms. The SMILES string of the molecule is CC[C@H]1c2cc3[nH]c4c(c3C)C(=O)C(C(=O)OC)c4c3nc(cc4[nH]c(cc(n2)[C@@H]1C)c(C(C)=O)c4C)[C@@H](C)[C@@H]3CCC(=O)NC(Cc1ccc(N(CCCl)CCCl)cc1)OC=O. The Morgan fingerprint density at radius 2 is 1.54 bits per heavy atom. The number of nitrogens with one attached hydrogen (secondary N) is 3. The molecule has 13 nitrogen and oxygen atoms in total. The zero-order valence-electron chi connectivity index (χ0n) is 36.7. The first kappa shape index (κ1) is 45.5. The molecule has 1 aromatic carbocycles. The van der Waals surface area contributed by atoms with Gasteiger partial charge in [0.2, 0.25) is 5.91 Å². The number of alkyl halides is 2. The zero-order chi connectivity index (χ0) is 45.3. The zero-order valence-corrected chi connectivity index (χ0v) is 38.2. The van der Waals surface area contributed by atoms with Crippen LogP contribution in [0.4, 0.5) is 5.69 Å². The van der Waals surface area contributed by atoms with Crippen molar-refractivity contribution in [2.45, 2.75) is 103 Å². The molecule has 0 radical (unpaired) electrons. The number of Topliss-reactive ketones (excluding diaryl/α,β-unsaturated/α-hetero) is 2. The van der Waals surface area contributed by atoms with Crippen LogP contribution in [0.2, 0.25) is 0 Å². The highest BCUT2D eigenvalue weighted by Gasteiger charge is 2.45. The van der Waals surface area contributed by atoms with Crippen LogP contribution in [-0.4, -0.2) is 88.0 Å². The van der Waals surface area contributed by atoms with Crippen molar-refractivity contribution in [3.63, 3.8) is 0 Å². The Kier molecular flexibility index (Phi) is 13.8. The predicted molar refractivity (Wildman–Crippen MR) is 244 cm³/mol. The van der Waals surface area contributed by atoms with E-state index in [0.717, 1.165) is 34.6 Å². The number of anilines is 1. The summed E-state index contributed by atoms with van der Waals surface area (Å²) in [5.41, 5.74) is 10.0. The number of rotatable bonds is 16. The third-order valence-electron chi connectivity index (χ3n) is 13.1. The Morgan fingerprint density at radius 3 is 2.17 bits per heavy atom. The lowest BCUT2D eigenvalue weighted by atomic mass is 9.84. The fraction of sp³-hybridized carbons (Fsp3) is 0.438. The van der Waals surface area contributed by atoms with Crippen LogP contribution >= 0.6 is 23.2 Å². The minimum absolute atomic E-state index is 0.00861. The smallest absolute Gasteiger partial charge is 0.321 e. The molecule has 1 amide bonds. The highest BCUT2D eigenvalue weighted by molar-refractivity contribution is 6.23.